The SMILES string of the molecule is COc1ccccc1N(C)C(=O)NC(=O)CCCC(=O)O. The molecule has 0 spiro atoms. The van der Waals surface area contributed by atoms with Crippen LogP contribution in [0.15, 0.2) is 24.3 Å². The van der Waals surface area contributed by atoms with Gasteiger partial charge in [0.05, 0.1) is 12.8 Å². The second-order valence-electron chi connectivity index (χ2n) is 4.33. The quantitative estimate of drug-likeness (QED) is 0.831. The predicted octanol–water partition coefficient (Wildman–Crippen LogP) is 1.62. The number of benzene rings is 1. The number of amides is 3. The second kappa shape index (κ2) is 7.88. The molecule has 114 valence electrons. The van der Waals surface area contributed by atoms with E-state index in [4.69, 9.17) is 9.84 Å². The largest absolute Gasteiger partial charge is 0.495 e. The van der Waals surface area contributed by atoms with Crippen molar-refractivity contribution in [2.75, 3.05) is 19.1 Å². The molecule has 0 atom stereocenters. The number of carbonyl (C=O) groups excluding carboxylic acids is 2. The van der Waals surface area contributed by atoms with Gasteiger partial charge in [-0.25, -0.2) is 4.79 Å². The molecule has 0 fully saturated rings. The molecule has 7 heteroatoms. The van der Waals surface area contributed by atoms with Crippen LogP contribution in [0.2, 0.25) is 0 Å². The Bertz CT molecular complexity index is 530. The van der Waals surface area contributed by atoms with E-state index in [9.17, 15) is 14.4 Å². The molecule has 0 bridgehead atoms. The monoisotopic (exact) mass is 294 g/mol. The predicted molar refractivity (Wildman–Crippen MR) is 76.4 cm³/mol. The summed E-state index contributed by atoms with van der Waals surface area (Å²) in [5.74, 6) is -0.975. The maximum atomic E-state index is 11.9. The van der Waals surface area contributed by atoms with Gasteiger partial charge >= 0.3 is 12.0 Å². The van der Waals surface area contributed by atoms with Gasteiger partial charge in [0, 0.05) is 19.9 Å². The Morgan fingerprint density at radius 2 is 1.90 bits per heavy atom. The smallest absolute Gasteiger partial charge is 0.328 e. The number of imide groups is 1. The molecule has 3 amide bonds. The number of anilines is 1. The van der Waals surface area contributed by atoms with Crippen molar-refractivity contribution in [3.05, 3.63) is 24.3 Å². The highest BCUT2D eigenvalue weighted by Gasteiger charge is 2.17. The zero-order valence-corrected chi connectivity index (χ0v) is 12.0. The fraction of sp³-hybridized carbons (Fsp3) is 0.357. The summed E-state index contributed by atoms with van der Waals surface area (Å²) in [6, 6.07) is 6.31. The van der Waals surface area contributed by atoms with E-state index in [1.807, 2.05) is 0 Å². The Hall–Kier alpha value is -2.57. The van der Waals surface area contributed by atoms with Gasteiger partial charge in [-0.15, -0.1) is 0 Å². The minimum Gasteiger partial charge on any atom is -0.495 e. The Balaban J connectivity index is 2.58. The van der Waals surface area contributed by atoms with Crippen molar-refractivity contribution in [3.63, 3.8) is 0 Å². The van der Waals surface area contributed by atoms with Gasteiger partial charge in [0.2, 0.25) is 5.91 Å². The highest BCUT2D eigenvalue weighted by molar-refractivity contribution is 6.03. The molecule has 0 aliphatic heterocycles. The van der Waals surface area contributed by atoms with E-state index < -0.39 is 17.9 Å². The van der Waals surface area contributed by atoms with Crippen molar-refractivity contribution in [3.8, 4) is 5.75 Å². The fourth-order valence-electron chi connectivity index (χ4n) is 1.68. The number of aliphatic carboxylic acids is 1. The Morgan fingerprint density at radius 3 is 2.52 bits per heavy atom. The highest BCUT2D eigenvalue weighted by atomic mass is 16.5. The van der Waals surface area contributed by atoms with Crippen LogP contribution in [0.4, 0.5) is 10.5 Å². The van der Waals surface area contributed by atoms with Crippen molar-refractivity contribution >= 4 is 23.6 Å². The summed E-state index contributed by atoms with van der Waals surface area (Å²) in [6.07, 6.45) is 0.0641. The average molecular weight is 294 g/mol. The number of urea groups is 1. The van der Waals surface area contributed by atoms with Crippen LogP contribution in [0.5, 0.6) is 5.75 Å². The molecular formula is C14H18N2O5. The van der Waals surface area contributed by atoms with E-state index in [-0.39, 0.29) is 19.3 Å². The normalized spacial score (nSPS) is 9.81. The first-order valence-electron chi connectivity index (χ1n) is 6.38. The first-order chi connectivity index (χ1) is 9.95. The van der Waals surface area contributed by atoms with Crippen molar-refractivity contribution in [2.45, 2.75) is 19.3 Å². The van der Waals surface area contributed by atoms with Crippen LogP contribution in [0.3, 0.4) is 0 Å². The lowest BCUT2D eigenvalue weighted by atomic mass is 10.2. The zero-order chi connectivity index (χ0) is 15.8. The first-order valence-corrected chi connectivity index (χ1v) is 6.38. The number of hydrogen-bond donors (Lipinski definition) is 2. The number of ether oxygens (including phenoxy) is 1. The van der Waals surface area contributed by atoms with Crippen LogP contribution in [0, 0.1) is 0 Å². The van der Waals surface area contributed by atoms with E-state index in [2.05, 4.69) is 5.32 Å². The maximum Gasteiger partial charge on any atom is 0.328 e. The molecule has 0 aliphatic carbocycles. The molecule has 1 aromatic rings. The van der Waals surface area contributed by atoms with Gasteiger partial charge in [0.1, 0.15) is 5.75 Å². The van der Waals surface area contributed by atoms with Crippen molar-refractivity contribution in [1.82, 2.24) is 5.32 Å². The number of methoxy groups -OCH3 is 1. The maximum absolute atomic E-state index is 11.9. The summed E-state index contributed by atoms with van der Waals surface area (Å²) in [7, 11) is 3.00. The molecule has 0 saturated carbocycles. The van der Waals surface area contributed by atoms with Gasteiger partial charge in [0.25, 0.3) is 0 Å². The number of carbonyl (C=O) groups is 3. The molecule has 0 aromatic heterocycles. The topological polar surface area (TPSA) is 95.9 Å². The highest BCUT2D eigenvalue weighted by Crippen LogP contribution is 2.26. The summed E-state index contributed by atoms with van der Waals surface area (Å²) in [5.41, 5.74) is 0.524. The average Bonchev–Trinajstić information content (AvgIpc) is 2.45. The van der Waals surface area contributed by atoms with E-state index in [0.717, 1.165) is 0 Å². The van der Waals surface area contributed by atoms with Gasteiger partial charge in [-0.05, 0) is 18.6 Å². The molecule has 0 radical (unpaired) electrons. The molecule has 1 rings (SSSR count). The van der Waals surface area contributed by atoms with Crippen molar-refractivity contribution in [2.24, 2.45) is 0 Å². The minimum atomic E-state index is -0.972. The number of nitrogens with one attached hydrogen (secondary N) is 1. The van der Waals surface area contributed by atoms with Crippen LogP contribution >= 0.6 is 0 Å². The number of nitrogens with zero attached hydrogens (tertiary/aromatic N) is 1. The summed E-state index contributed by atoms with van der Waals surface area (Å²) in [6.45, 7) is 0. The third kappa shape index (κ3) is 5.13. The molecule has 1 aromatic carbocycles. The third-order valence-corrected chi connectivity index (χ3v) is 2.79. The molecule has 2 N–H and O–H groups in total. The van der Waals surface area contributed by atoms with Crippen LogP contribution in [-0.4, -0.2) is 37.2 Å². The minimum absolute atomic E-state index is 0.0161. The lowest BCUT2D eigenvalue weighted by molar-refractivity contribution is -0.137. The first kappa shape index (κ1) is 16.5. The van der Waals surface area contributed by atoms with Gasteiger partial charge < -0.3 is 9.84 Å². The van der Waals surface area contributed by atoms with Crippen LogP contribution in [0.25, 0.3) is 0 Å². The number of carboxylic acids is 1. The number of carboxylic acid groups (broad SMARTS) is 1. The molecule has 0 saturated heterocycles. The molecule has 0 aliphatic rings. The standard InChI is InChI=1S/C14H18N2O5/c1-16(10-6-3-4-7-11(10)21-2)14(20)15-12(17)8-5-9-13(18)19/h3-4,6-7H,5,8-9H2,1-2H3,(H,18,19)(H,15,17,20). The molecule has 21 heavy (non-hydrogen) atoms. The van der Waals surface area contributed by atoms with Crippen molar-refractivity contribution in [1.29, 1.82) is 0 Å². The molecule has 7 nitrogen and oxygen atoms in total. The summed E-state index contributed by atoms with van der Waals surface area (Å²) >= 11 is 0. The van der Waals surface area contributed by atoms with Gasteiger partial charge in [-0.3, -0.25) is 19.8 Å². The Morgan fingerprint density at radius 1 is 1.24 bits per heavy atom. The van der Waals surface area contributed by atoms with E-state index in [1.54, 1.807) is 24.3 Å². The number of hydrogen-bond acceptors (Lipinski definition) is 4. The summed E-state index contributed by atoms with van der Waals surface area (Å²) in [5, 5.41) is 10.7. The van der Waals surface area contributed by atoms with Gasteiger partial charge in [-0.2, -0.15) is 0 Å². The Kier molecular flexibility index (Phi) is 6.19. The van der Waals surface area contributed by atoms with E-state index in [1.165, 1.54) is 19.1 Å². The number of para-hydroxylation sites is 2. The zero-order valence-electron chi connectivity index (χ0n) is 12.0. The summed E-state index contributed by atoms with van der Waals surface area (Å²) < 4.78 is 5.14. The fourth-order valence-corrected chi connectivity index (χ4v) is 1.68. The Labute approximate surface area is 122 Å². The van der Waals surface area contributed by atoms with E-state index in [0.29, 0.717) is 11.4 Å². The number of rotatable bonds is 6. The third-order valence-electron chi connectivity index (χ3n) is 2.79. The lowest BCUT2D eigenvalue weighted by Gasteiger charge is -2.19. The van der Waals surface area contributed by atoms with Gasteiger partial charge in [0.15, 0.2) is 0 Å². The summed E-state index contributed by atoms with van der Waals surface area (Å²) in [4.78, 5) is 35.1. The van der Waals surface area contributed by atoms with E-state index >= 15 is 0 Å². The van der Waals surface area contributed by atoms with Crippen LogP contribution in [0.1, 0.15) is 19.3 Å². The second-order valence-corrected chi connectivity index (χ2v) is 4.33. The van der Waals surface area contributed by atoms with Crippen LogP contribution in [-0.2, 0) is 9.59 Å². The van der Waals surface area contributed by atoms with Gasteiger partial charge in [-0.1, -0.05) is 12.1 Å². The lowest BCUT2D eigenvalue weighted by Crippen LogP contribution is -2.40. The molecule has 0 heterocycles. The molecule has 0 unspecified atom stereocenters. The van der Waals surface area contributed by atoms with Crippen LogP contribution < -0.4 is 15.0 Å². The van der Waals surface area contributed by atoms with Crippen molar-refractivity contribution < 1.29 is 24.2 Å². The molecular weight excluding hydrogens is 276 g/mol.